The zero-order valence-corrected chi connectivity index (χ0v) is 10.2. The lowest BCUT2D eigenvalue weighted by Crippen LogP contribution is -2.34. The molecule has 4 heteroatoms. The minimum atomic E-state index is -0.967. The Hall–Kier alpha value is -1.84. The number of aldehydes is 1. The van der Waals surface area contributed by atoms with Crippen molar-refractivity contribution < 1.29 is 19.1 Å². The van der Waals surface area contributed by atoms with E-state index in [0.29, 0.717) is 11.3 Å². The number of hydrogen-bond donors (Lipinski definition) is 0. The van der Waals surface area contributed by atoms with Gasteiger partial charge in [0.25, 0.3) is 0 Å². The predicted octanol–water partition coefficient (Wildman–Crippen LogP) is 1.71. The second-order valence-electron chi connectivity index (χ2n) is 3.93. The van der Waals surface area contributed by atoms with Crippen LogP contribution in [0, 0.1) is 0 Å². The molecule has 0 unspecified atom stereocenters. The van der Waals surface area contributed by atoms with E-state index >= 15 is 0 Å². The van der Waals surface area contributed by atoms with Gasteiger partial charge in [0, 0.05) is 6.42 Å². The van der Waals surface area contributed by atoms with Gasteiger partial charge in [-0.2, -0.15) is 0 Å². The van der Waals surface area contributed by atoms with Crippen LogP contribution in [0.2, 0.25) is 0 Å². The first kappa shape index (κ1) is 13.2. The molecule has 17 heavy (non-hydrogen) atoms. The summed E-state index contributed by atoms with van der Waals surface area (Å²) in [7, 11) is 2.86. The van der Waals surface area contributed by atoms with Crippen molar-refractivity contribution in [2.24, 2.45) is 0 Å². The minimum Gasteiger partial charge on any atom is -0.497 e. The Labute approximate surface area is 101 Å². The monoisotopic (exact) mass is 236 g/mol. The van der Waals surface area contributed by atoms with Gasteiger partial charge in [0.15, 0.2) is 0 Å². The second kappa shape index (κ2) is 5.48. The molecule has 0 aromatic heterocycles. The van der Waals surface area contributed by atoms with Gasteiger partial charge < -0.3 is 14.3 Å². The Bertz CT molecular complexity index is 414. The molecule has 0 aliphatic heterocycles. The van der Waals surface area contributed by atoms with Gasteiger partial charge in [0.1, 0.15) is 12.0 Å². The molecule has 1 atom stereocenters. The van der Waals surface area contributed by atoms with Crippen molar-refractivity contribution in [2.45, 2.75) is 18.8 Å². The molecule has 0 radical (unpaired) electrons. The normalized spacial score (nSPS) is 13.6. The van der Waals surface area contributed by atoms with E-state index in [4.69, 9.17) is 9.47 Å². The average Bonchev–Trinajstić information content (AvgIpc) is 2.38. The highest BCUT2D eigenvalue weighted by Crippen LogP contribution is 2.30. The average molecular weight is 236 g/mol. The molecule has 0 heterocycles. The van der Waals surface area contributed by atoms with Crippen LogP contribution in [0.25, 0.3) is 0 Å². The highest BCUT2D eigenvalue weighted by atomic mass is 16.5. The molecule has 0 fully saturated rings. The lowest BCUT2D eigenvalue weighted by Gasteiger charge is -2.25. The number of hydrogen-bond acceptors (Lipinski definition) is 4. The summed E-state index contributed by atoms with van der Waals surface area (Å²) in [6.07, 6.45) is 0.795. The maximum atomic E-state index is 11.8. The third-order valence-electron chi connectivity index (χ3n) is 2.83. The van der Waals surface area contributed by atoms with Crippen LogP contribution in [-0.2, 0) is 19.7 Å². The molecule has 0 amide bonds. The highest BCUT2D eigenvalue weighted by Gasteiger charge is 2.36. The van der Waals surface area contributed by atoms with Crippen LogP contribution >= 0.6 is 0 Å². The number of rotatable bonds is 5. The Morgan fingerprint density at radius 3 is 2.65 bits per heavy atom. The van der Waals surface area contributed by atoms with E-state index in [-0.39, 0.29) is 6.42 Å². The van der Waals surface area contributed by atoms with Crippen LogP contribution in [0.4, 0.5) is 0 Å². The summed E-state index contributed by atoms with van der Waals surface area (Å²) >= 11 is 0. The maximum Gasteiger partial charge on any atom is 0.316 e. The van der Waals surface area contributed by atoms with Crippen LogP contribution in [0.3, 0.4) is 0 Å². The fraction of sp³-hybridized carbons (Fsp3) is 0.385. The number of carbonyl (C=O) groups is 2. The number of methoxy groups -OCH3 is 2. The van der Waals surface area contributed by atoms with Crippen molar-refractivity contribution >= 4 is 12.3 Å². The van der Waals surface area contributed by atoms with E-state index in [1.54, 1.807) is 38.3 Å². The van der Waals surface area contributed by atoms with Crippen molar-refractivity contribution in [2.75, 3.05) is 14.2 Å². The highest BCUT2D eigenvalue weighted by molar-refractivity contribution is 5.85. The minimum absolute atomic E-state index is 0.0762. The molecule has 92 valence electrons. The molecular formula is C13H16O4. The number of ether oxygens (including phenoxy) is 2. The van der Waals surface area contributed by atoms with E-state index in [2.05, 4.69) is 0 Å². The Morgan fingerprint density at radius 2 is 2.12 bits per heavy atom. The molecule has 1 aromatic rings. The van der Waals surface area contributed by atoms with Crippen molar-refractivity contribution in [1.29, 1.82) is 0 Å². The quantitative estimate of drug-likeness (QED) is 0.577. The molecule has 1 aromatic carbocycles. The van der Waals surface area contributed by atoms with Crippen molar-refractivity contribution in [3.63, 3.8) is 0 Å². The molecule has 0 saturated carbocycles. The molecule has 0 aliphatic rings. The van der Waals surface area contributed by atoms with E-state index in [1.807, 2.05) is 0 Å². The second-order valence-corrected chi connectivity index (χ2v) is 3.93. The summed E-state index contributed by atoms with van der Waals surface area (Å²) < 4.78 is 9.86. The van der Waals surface area contributed by atoms with E-state index in [9.17, 15) is 9.59 Å². The first-order valence-electron chi connectivity index (χ1n) is 5.25. The Balaban J connectivity index is 3.21. The summed E-state index contributed by atoms with van der Waals surface area (Å²) in [5, 5.41) is 0. The molecular weight excluding hydrogens is 220 g/mol. The lowest BCUT2D eigenvalue weighted by molar-refractivity contribution is -0.148. The van der Waals surface area contributed by atoms with Gasteiger partial charge in [0.05, 0.1) is 19.6 Å². The zero-order valence-electron chi connectivity index (χ0n) is 10.2. The van der Waals surface area contributed by atoms with Crippen LogP contribution in [0.15, 0.2) is 24.3 Å². The zero-order chi connectivity index (χ0) is 12.9. The summed E-state index contributed by atoms with van der Waals surface area (Å²) in [6, 6.07) is 7.08. The third kappa shape index (κ3) is 2.64. The van der Waals surface area contributed by atoms with Gasteiger partial charge in [-0.1, -0.05) is 12.1 Å². The maximum absolute atomic E-state index is 11.8. The smallest absolute Gasteiger partial charge is 0.316 e. The SMILES string of the molecule is COC(=O)[C@](C)(CC=O)c1cccc(OC)c1. The molecule has 0 spiro atoms. The summed E-state index contributed by atoms with van der Waals surface area (Å²) in [4.78, 5) is 22.5. The van der Waals surface area contributed by atoms with Gasteiger partial charge in [-0.25, -0.2) is 0 Å². The summed E-state index contributed by atoms with van der Waals surface area (Å²) in [5.41, 5.74) is -0.263. The van der Waals surface area contributed by atoms with Crippen molar-refractivity contribution in [3.8, 4) is 5.75 Å². The van der Waals surface area contributed by atoms with Crippen LogP contribution < -0.4 is 4.74 Å². The third-order valence-corrected chi connectivity index (χ3v) is 2.83. The van der Waals surface area contributed by atoms with Gasteiger partial charge in [0.2, 0.25) is 0 Å². The fourth-order valence-corrected chi connectivity index (χ4v) is 1.68. The van der Waals surface area contributed by atoms with E-state index < -0.39 is 11.4 Å². The van der Waals surface area contributed by atoms with Gasteiger partial charge in [-0.05, 0) is 24.6 Å². The molecule has 0 bridgehead atoms. The molecule has 4 nitrogen and oxygen atoms in total. The first-order valence-corrected chi connectivity index (χ1v) is 5.25. The lowest BCUT2D eigenvalue weighted by atomic mass is 9.80. The molecule has 0 N–H and O–H groups in total. The largest absolute Gasteiger partial charge is 0.497 e. The van der Waals surface area contributed by atoms with Crippen molar-refractivity contribution in [1.82, 2.24) is 0 Å². The van der Waals surface area contributed by atoms with Gasteiger partial charge in [-0.15, -0.1) is 0 Å². The van der Waals surface area contributed by atoms with E-state index in [0.717, 1.165) is 6.29 Å². The fourth-order valence-electron chi connectivity index (χ4n) is 1.68. The van der Waals surface area contributed by atoms with Crippen LogP contribution in [-0.4, -0.2) is 26.5 Å². The molecule has 0 aliphatic carbocycles. The first-order chi connectivity index (χ1) is 8.08. The van der Waals surface area contributed by atoms with Crippen LogP contribution in [0.5, 0.6) is 5.75 Å². The topological polar surface area (TPSA) is 52.6 Å². The number of esters is 1. The van der Waals surface area contributed by atoms with Gasteiger partial charge >= 0.3 is 5.97 Å². The van der Waals surface area contributed by atoms with E-state index in [1.165, 1.54) is 7.11 Å². The standard InChI is InChI=1S/C13H16O4/c1-13(7-8-14,12(15)17-3)10-5-4-6-11(9-10)16-2/h4-6,8-9H,7H2,1-3H3/t13-/m1/s1. The molecule has 0 saturated heterocycles. The predicted molar refractivity (Wildman–Crippen MR) is 63.0 cm³/mol. The van der Waals surface area contributed by atoms with Crippen molar-refractivity contribution in [3.05, 3.63) is 29.8 Å². The van der Waals surface area contributed by atoms with Crippen LogP contribution in [0.1, 0.15) is 18.9 Å². The summed E-state index contributed by atoms with van der Waals surface area (Å²) in [6.45, 7) is 1.68. The number of carbonyl (C=O) groups excluding carboxylic acids is 2. The Kier molecular flexibility index (Phi) is 4.26. The number of benzene rings is 1. The Morgan fingerprint density at radius 1 is 1.41 bits per heavy atom. The summed E-state index contributed by atoms with van der Waals surface area (Å²) in [5.74, 6) is 0.210. The van der Waals surface area contributed by atoms with Gasteiger partial charge in [-0.3, -0.25) is 4.79 Å². The molecule has 1 rings (SSSR count).